The van der Waals surface area contributed by atoms with Crippen molar-refractivity contribution in [2.45, 2.75) is 57.8 Å². The number of carbonyl (C=O) groups is 2. The van der Waals surface area contributed by atoms with Crippen LogP contribution in [0.5, 0.6) is 5.75 Å². The summed E-state index contributed by atoms with van der Waals surface area (Å²) in [6.45, 7) is 3.58. The van der Waals surface area contributed by atoms with Gasteiger partial charge in [-0.15, -0.1) is 13.2 Å². The summed E-state index contributed by atoms with van der Waals surface area (Å²) >= 11 is 0. The van der Waals surface area contributed by atoms with E-state index in [0.29, 0.717) is 33.5 Å². The Balaban J connectivity index is 1.84. The molecule has 2 atom stereocenters. The van der Waals surface area contributed by atoms with Gasteiger partial charge in [-0.2, -0.15) is 0 Å². The molecule has 1 amide bonds. The number of methoxy groups -OCH3 is 1. The summed E-state index contributed by atoms with van der Waals surface area (Å²) in [4.78, 5) is 25.7. The van der Waals surface area contributed by atoms with Crippen LogP contribution in [0.25, 0.3) is 28.3 Å². The molecule has 3 N–H and O–H groups in total. The number of nitrogens with zero attached hydrogens (tertiary/aromatic N) is 1. The fourth-order valence-electron chi connectivity index (χ4n) is 5.36. The highest BCUT2D eigenvalue weighted by Crippen LogP contribution is 2.42. The Morgan fingerprint density at radius 1 is 0.938 bits per heavy atom. The van der Waals surface area contributed by atoms with Crippen LogP contribution in [0.4, 0.5) is 17.6 Å². The topological polar surface area (TPSA) is 110 Å². The maximum Gasteiger partial charge on any atom is 0.573 e. The van der Waals surface area contributed by atoms with Gasteiger partial charge < -0.3 is 29.6 Å². The average molecular weight is 669 g/mol. The lowest BCUT2D eigenvalue weighted by atomic mass is 9.94. The Labute approximate surface area is 275 Å². The van der Waals surface area contributed by atoms with E-state index >= 15 is 0 Å². The normalized spacial score (nSPS) is 13.0. The predicted octanol–water partition coefficient (Wildman–Crippen LogP) is 7.06. The highest BCUT2D eigenvalue weighted by atomic mass is 19.4. The van der Waals surface area contributed by atoms with Crippen LogP contribution >= 0.6 is 0 Å². The summed E-state index contributed by atoms with van der Waals surface area (Å²) in [7, 11) is 1.19. The van der Waals surface area contributed by atoms with E-state index in [4.69, 9.17) is 0 Å². The molecule has 0 spiro atoms. The van der Waals surface area contributed by atoms with Crippen molar-refractivity contribution in [1.82, 2.24) is 9.88 Å². The summed E-state index contributed by atoms with van der Waals surface area (Å²) in [5, 5.41) is 23.9. The van der Waals surface area contributed by atoms with E-state index in [1.165, 1.54) is 37.5 Å². The second-order valence-corrected chi connectivity index (χ2v) is 11.3. The number of hydrogen-bond acceptors (Lipinski definition) is 6. The van der Waals surface area contributed by atoms with Crippen molar-refractivity contribution in [3.63, 3.8) is 0 Å². The molecule has 4 aromatic rings. The zero-order valence-corrected chi connectivity index (χ0v) is 26.5. The number of amides is 1. The van der Waals surface area contributed by atoms with E-state index in [0.717, 1.165) is 6.07 Å². The minimum absolute atomic E-state index is 0.126. The van der Waals surface area contributed by atoms with E-state index in [2.05, 4.69) is 14.8 Å². The number of rotatable bonds is 13. The minimum atomic E-state index is -4.88. The Kier molecular flexibility index (Phi) is 11.8. The van der Waals surface area contributed by atoms with Gasteiger partial charge in [0.25, 0.3) is 5.91 Å². The van der Waals surface area contributed by atoms with Crippen molar-refractivity contribution in [2.75, 3.05) is 7.11 Å². The Hall–Kier alpha value is -4.94. The quantitative estimate of drug-likeness (QED) is 0.104. The Morgan fingerprint density at radius 2 is 1.60 bits per heavy atom. The Bertz CT molecular complexity index is 1730. The first kappa shape index (κ1) is 35.9. The van der Waals surface area contributed by atoms with Gasteiger partial charge in [-0.25, -0.2) is 4.39 Å². The van der Waals surface area contributed by atoms with Crippen LogP contribution in [0, 0.1) is 5.82 Å². The fourth-order valence-corrected chi connectivity index (χ4v) is 5.36. The van der Waals surface area contributed by atoms with Gasteiger partial charge in [0.15, 0.2) is 0 Å². The van der Waals surface area contributed by atoms with Gasteiger partial charge >= 0.3 is 12.3 Å². The molecule has 8 nitrogen and oxygen atoms in total. The van der Waals surface area contributed by atoms with Crippen LogP contribution in [0.1, 0.15) is 54.5 Å². The third-order valence-electron chi connectivity index (χ3n) is 7.38. The number of carbonyl (C=O) groups excluding carboxylic acids is 2. The average Bonchev–Trinajstić information content (AvgIpc) is 3.38. The van der Waals surface area contributed by atoms with E-state index in [1.807, 2.05) is 32.0 Å². The first-order chi connectivity index (χ1) is 22.8. The molecule has 1 heterocycles. The molecule has 254 valence electrons. The smallest absolute Gasteiger partial charge is 0.469 e. The van der Waals surface area contributed by atoms with Crippen LogP contribution in [-0.2, 0) is 16.1 Å². The predicted molar refractivity (Wildman–Crippen MR) is 172 cm³/mol. The summed E-state index contributed by atoms with van der Waals surface area (Å²) in [5.74, 6) is -2.06. The molecule has 12 heteroatoms. The molecule has 3 aromatic carbocycles. The standard InChI is InChI=1S/C36H36F4N2O6/c1-22(2)42-30(17-16-27(43)19-28(44)20-31(45)47-3)32(25-12-14-26(37)15-13-25)33(24-9-5-4-6-10-24)34(42)35(46)41-21-23-8-7-11-29(18-23)48-36(38,39)40/h4-18,22,27-28,43-44H,19-21H2,1-3H3,(H,41,46)/b17-16+/t27-,28-/m1/s1. The largest absolute Gasteiger partial charge is 0.573 e. The van der Waals surface area contributed by atoms with E-state index in [-0.39, 0.29) is 31.1 Å². The number of esters is 1. The van der Waals surface area contributed by atoms with Gasteiger partial charge in [-0.05, 0) is 60.9 Å². The van der Waals surface area contributed by atoms with Crippen LogP contribution in [-0.4, -0.2) is 52.3 Å². The molecule has 0 unspecified atom stereocenters. The SMILES string of the molecule is COC(=O)C[C@H](O)C[C@H](O)/C=C/c1c(-c2ccc(F)cc2)c(-c2ccccc2)c(C(=O)NCc2cccc(OC(F)(F)F)c2)n1C(C)C. The number of aliphatic hydroxyl groups excluding tert-OH is 2. The van der Waals surface area contributed by atoms with Gasteiger partial charge in [0.2, 0.25) is 0 Å². The van der Waals surface area contributed by atoms with E-state index < -0.39 is 42.0 Å². The van der Waals surface area contributed by atoms with Gasteiger partial charge in [0.1, 0.15) is 17.3 Å². The zero-order valence-electron chi connectivity index (χ0n) is 26.5. The van der Waals surface area contributed by atoms with Gasteiger partial charge in [-0.3, -0.25) is 9.59 Å². The molecule has 48 heavy (non-hydrogen) atoms. The molecule has 4 rings (SSSR count). The molecular weight excluding hydrogens is 632 g/mol. The van der Waals surface area contributed by atoms with E-state index in [1.54, 1.807) is 41.0 Å². The molecule has 0 aliphatic carbocycles. The second kappa shape index (κ2) is 15.8. The summed E-state index contributed by atoms with van der Waals surface area (Å²) in [6, 6.07) is 19.7. The molecule has 1 aromatic heterocycles. The molecule has 0 fully saturated rings. The molecule has 0 saturated carbocycles. The summed E-state index contributed by atoms with van der Waals surface area (Å²) in [5.41, 5.74) is 3.36. The maximum absolute atomic E-state index is 14.2. The number of aliphatic hydroxyl groups is 2. The lowest BCUT2D eigenvalue weighted by Gasteiger charge is -2.17. The lowest BCUT2D eigenvalue weighted by molar-refractivity contribution is -0.274. The van der Waals surface area contributed by atoms with Gasteiger partial charge in [0.05, 0.1) is 25.7 Å². The third kappa shape index (κ3) is 9.33. The number of benzene rings is 3. The summed E-state index contributed by atoms with van der Waals surface area (Å²) in [6.07, 6.45) is -4.68. The van der Waals surface area contributed by atoms with Crippen LogP contribution in [0.2, 0.25) is 0 Å². The van der Waals surface area contributed by atoms with Gasteiger partial charge in [0, 0.05) is 35.8 Å². The molecular formula is C36H36F4N2O6. The van der Waals surface area contributed by atoms with E-state index in [9.17, 15) is 37.4 Å². The Morgan fingerprint density at radius 3 is 2.23 bits per heavy atom. The number of ether oxygens (including phenoxy) is 2. The number of aromatic nitrogens is 1. The number of hydrogen-bond donors (Lipinski definition) is 3. The van der Waals surface area contributed by atoms with Crippen LogP contribution in [0.3, 0.4) is 0 Å². The molecule has 0 radical (unpaired) electrons. The third-order valence-corrected chi connectivity index (χ3v) is 7.38. The van der Waals surface area contributed by atoms with Crippen LogP contribution < -0.4 is 10.1 Å². The van der Waals surface area contributed by atoms with Crippen LogP contribution in [0.15, 0.2) is 84.9 Å². The first-order valence-corrected chi connectivity index (χ1v) is 15.1. The fraction of sp³-hybridized carbons (Fsp3) is 0.278. The van der Waals surface area contributed by atoms with Crippen molar-refractivity contribution < 1.29 is 46.8 Å². The van der Waals surface area contributed by atoms with Crippen molar-refractivity contribution >= 4 is 18.0 Å². The second-order valence-electron chi connectivity index (χ2n) is 11.3. The first-order valence-electron chi connectivity index (χ1n) is 15.1. The monoisotopic (exact) mass is 668 g/mol. The zero-order chi connectivity index (χ0) is 35.0. The number of alkyl halides is 3. The number of halogens is 4. The highest BCUT2D eigenvalue weighted by molar-refractivity contribution is 6.06. The maximum atomic E-state index is 14.2. The minimum Gasteiger partial charge on any atom is -0.469 e. The van der Waals surface area contributed by atoms with Gasteiger partial charge in [-0.1, -0.05) is 60.7 Å². The molecule has 0 aliphatic heterocycles. The van der Waals surface area contributed by atoms with Crippen molar-refractivity contribution in [3.05, 3.63) is 108 Å². The highest BCUT2D eigenvalue weighted by Gasteiger charge is 2.32. The molecule has 0 aliphatic rings. The number of nitrogens with one attached hydrogen (secondary N) is 1. The van der Waals surface area contributed by atoms with Crippen molar-refractivity contribution in [3.8, 4) is 28.0 Å². The van der Waals surface area contributed by atoms with Crippen molar-refractivity contribution in [1.29, 1.82) is 0 Å². The summed E-state index contributed by atoms with van der Waals surface area (Å²) < 4.78 is 62.9. The molecule has 0 saturated heterocycles. The van der Waals surface area contributed by atoms with Crippen molar-refractivity contribution in [2.24, 2.45) is 0 Å². The lowest BCUT2D eigenvalue weighted by Crippen LogP contribution is -2.27. The molecule has 0 bridgehead atoms.